The van der Waals surface area contributed by atoms with Crippen molar-refractivity contribution in [2.75, 3.05) is 0 Å². The van der Waals surface area contributed by atoms with Crippen LogP contribution in [0.25, 0.3) is 0 Å². The molecule has 76 valence electrons. The van der Waals surface area contributed by atoms with E-state index in [1.54, 1.807) is 6.20 Å². The summed E-state index contributed by atoms with van der Waals surface area (Å²) in [6.07, 6.45) is 5.38. The molecule has 0 radical (unpaired) electrons. The summed E-state index contributed by atoms with van der Waals surface area (Å²) in [6.45, 7) is 5.97. The van der Waals surface area contributed by atoms with Crippen molar-refractivity contribution in [3.05, 3.63) is 24.3 Å². The number of hydrogen-bond acceptors (Lipinski definition) is 3. The van der Waals surface area contributed by atoms with Crippen molar-refractivity contribution in [2.45, 2.75) is 32.7 Å². The third-order valence-corrected chi connectivity index (χ3v) is 2.13. The highest BCUT2D eigenvalue weighted by atomic mass is 16.2. The van der Waals surface area contributed by atoms with E-state index in [1.807, 2.05) is 20.8 Å². The van der Waals surface area contributed by atoms with E-state index in [1.165, 1.54) is 12.4 Å². The number of aromatic nitrogens is 2. The molecule has 14 heavy (non-hydrogen) atoms. The summed E-state index contributed by atoms with van der Waals surface area (Å²) >= 11 is 0. The highest BCUT2D eigenvalue weighted by molar-refractivity contribution is 5.92. The maximum atomic E-state index is 11.6. The van der Waals surface area contributed by atoms with Gasteiger partial charge in [0.15, 0.2) is 0 Å². The van der Waals surface area contributed by atoms with Gasteiger partial charge in [-0.2, -0.15) is 0 Å². The second-order valence-electron chi connectivity index (χ2n) is 3.78. The second-order valence-corrected chi connectivity index (χ2v) is 3.78. The zero-order valence-electron chi connectivity index (χ0n) is 8.74. The highest BCUT2D eigenvalue weighted by Crippen LogP contribution is 2.07. The van der Waals surface area contributed by atoms with Gasteiger partial charge in [0.1, 0.15) is 5.69 Å². The molecule has 1 aromatic heterocycles. The summed E-state index contributed by atoms with van der Waals surface area (Å²) in [6, 6.07) is 0. The summed E-state index contributed by atoms with van der Waals surface area (Å²) in [4.78, 5) is 19.4. The minimum absolute atomic E-state index is 0.176. The molecule has 0 fully saturated rings. The predicted molar refractivity (Wildman–Crippen MR) is 53.9 cm³/mol. The molecular formula is C10H15N3O. The molecule has 4 heteroatoms. The van der Waals surface area contributed by atoms with Gasteiger partial charge in [-0.3, -0.25) is 9.78 Å². The zero-order chi connectivity index (χ0) is 10.6. The first kappa shape index (κ1) is 10.6. The Labute approximate surface area is 83.8 Å². The van der Waals surface area contributed by atoms with Crippen molar-refractivity contribution >= 4 is 5.91 Å². The summed E-state index contributed by atoms with van der Waals surface area (Å²) in [5.41, 5.74) is 0.156. The lowest BCUT2D eigenvalue weighted by Crippen LogP contribution is -2.43. The maximum absolute atomic E-state index is 11.6. The number of carbonyl (C=O) groups is 1. The minimum atomic E-state index is -0.200. The van der Waals surface area contributed by atoms with E-state index in [4.69, 9.17) is 0 Å². The molecule has 1 heterocycles. The van der Waals surface area contributed by atoms with E-state index in [0.717, 1.165) is 6.42 Å². The van der Waals surface area contributed by atoms with Crippen molar-refractivity contribution in [1.82, 2.24) is 15.3 Å². The topological polar surface area (TPSA) is 54.9 Å². The van der Waals surface area contributed by atoms with E-state index < -0.39 is 0 Å². The van der Waals surface area contributed by atoms with Gasteiger partial charge >= 0.3 is 0 Å². The van der Waals surface area contributed by atoms with Crippen LogP contribution in [0.5, 0.6) is 0 Å². The van der Waals surface area contributed by atoms with Gasteiger partial charge < -0.3 is 5.32 Å². The molecule has 0 saturated carbocycles. The first-order valence-corrected chi connectivity index (χ1v) is 4.63. The van der Waals surface area contributed by atoms with Gasteiger partial charge in [-0.05, 0) is 20.3 Å². The van der Waals surface area contributed by atoms with Crippen LogP contribution in [-0.4, -0.2) is 21.4 Å². The molecule has 1 N–H and O–H groups in total. The summed E-state index contributed by atoms with van der Waals surface area (Å²) < 4.78 is 0. The molecule has 1 amide bonds. The van der Waals surface area contributed by atoms with Gasteiger partial charge in [0.25, 0.3) is 5.91 Å². The van der Waals surface area contributed by atoms with Gasteiger partial charge in [-0.15, -0.1) is 0 Å². The molecule has 1 aromatic rings. The lowest BCUT2D eigenvalue weighted by atomic mass is 10.0. The zero-order valence-corrected chi connectivity index (χ0v) is 8.74. The lowest BCUT2D eigenvalue weighted by Gasteiger charge is -2.23. The monoisotopic (exact) mass is 193 g/mol. The van der Waals surface area contributed by atoms with Crippen LogP contribution in [0.3, 0.4) is 0 Å². The maximum Gasteiger partial charge on any atom is 0.271 e. The van der Waals surface area contributed by atoms with Gasteiger partial charge in [-0.25, -0.2) is 4.98 Å². The Balaban J connectivity index is 2.69. The fourth-order valence-corrected chi connectivity index (χ4v) is 0.876. The highest BCUT2D eigenvalue weighted by Gasteiger charge is 2.19. The second kappa shape index (κ2) is 4.17. The average Bonchev–Trinajstić information content (AvgIpc) is 2.19. The Morgan fingerprint density at radius 1 is 1.50 bits per heavy atom. The van der Waals surface area contributed by atoms with Crippen LogP contribution >= 0.6 is 0 Å². The van der Waals surface area contributed by atoms with Crippen molar-refractivity contribution in [2.24, 2.45) is 0 Å². The predicted octanol–water partition coefficient (Wildman–Crippen LogP) is 1.39. The summed E-state index contributed by atoms with van der Waals surface area (Å²) in [5.74, 6) is -0.176. The standard InChI is InChI=1S/C10H15N3O/c1-4-10(2,3)13-9(14)8-7-11-5-6-12-8/h5-7H,4H2,1-3H3,(H,13,14). The van der Waals surface area contributed by atoms with Crippen molar-refractivity contribution < 1.29 is 4.79 Å². The fraction of sp³-hybridized carbons (Fsp3) is 0.500. The van der Waals surface area contributed by atoms with Gasteiger partial charge in [0.05, 0.1) is 6.20 Å². The van der Waals surface area contributed by atoms with E-state index in [0.29, 0.717) is 5.69 Å². The third kappa shape index (κ3) is 2.80. The van der Waals surface area contributed by atoms with Gasteiger partial charge in [0.2, 0.25) is 0 Å². The quantitative estimate of drug-likeness (QED) is 0.789. The summed E-state index contributed by atoms with van der Waals surface area (Å²) in [7, 11) is 0. The fourth-order valence-electron chi connectivity index (χ4n) is 0.876. The molecule has 1 rings (SSSR count). The van der Waals surface area contributed by atoms with E-state index in [9.17, 15) is 4.79 Å². The average molecular weight is 193 g/mol. The van der Waals surface area contributed by atoms with Crippen LogP contribution in [0.4, 0.5) is 0 Å². The van der Waals surface area contributed by atoms with Gasteiger partial charge in [0, 0.05) is 17.9 Å². The molecule has 0 atom stereocenters. The SMILES string of the molecule is CCC(C)(C)NC(=O)c1cnccn1. The van der Waals surface area contributed by atoms with Gasteiger partial charge in [-0.1, -0.05) is 6.92 Å². The van der Waals surface area contributed by atoms with E-state index in [2.05, 4.69) is 15.3 Å². The Morgan fingerprint density at radius 3 is 2.71 bits per heavy atom. The molecule has 0 saturated heterocycles. The van der Waals surface area contributed by atoms with E-state index >= 15 is 0 Å². The molecule has 0 aliphatic heterocycles. The van der Waals surface area contributed by atoms with Crippen LogP contribution in [0.15, 0.2) is 18.6 Å². The summed E-state index contributed by atoms with van der Waals surface area (Å²) in [5, 5.41) is 2.88. The first-order valence-electron chi connectivity index (χ1n) is 4.63. The lowest BCUT2D eigenvalue weighted by molar-refractivity contribution is 0.0905. The van der Waals surface area contributed by atoms with E-state index in [-0.39, 0.29) is 11.4 Å². The van der Waals surface area contributed by atoms with Crippen LogP contribution in [0.1, 0.15) is 37.7 Å². The van der Waals surface area contributed by atoms with Crippen molar-refractivity contribution in [3.8, 4) is 0 Å². The van der Waals surface area contributed by atoms with Crippen LogP contribution in [-0.2, 0) is 0 Å². The smallest absolute Gasteiger partial charge is 0.271 e. The Bertz CT molecular complexity index is 308. The Hall–Kier alpha value is -1.45. The molecule has 0 spiro atoms. The molecule has 0 aliphatic carbocycles. The van der Waals surface area contributed by atoms with Crippen LogP contribution in [0.2, 0.25) is 0 Å². The molecule has 4 nitrogen and oxygen atoms in total. The molecule has 0 unspecified atom stereocenters. The number of nitrogens with one attached hydrogen (secondary N) is 1. The Morgan fingerprint density at radius 2 is 2.21 bits per heavy atom. The number of amides is 1. The third-order valence-electron chi connectivity index (χ3n) is 2.13. The number of carbonyl (C=O) groups excluding carboxylic acids is 1. The van der Waals surface area contributed by atoms with Crippen molar-refractivity contribution in [1.29, 1.82) is 0 Å². The normalized spacial score (nSPS) is 11.1. The molecule has 0 bridgehead atoms. The van der Waals surface area contributed by atoms with Crippen molar-refractivity contribution in [3.63, 3.8) is 0 Å². The molecular weight excluding hydrogens is 178 g/mol. The van der Waals surface area contributed by atoms with Crippen LogP contribution < -0.4 is 5.32 Å². The first-order chi connectivity index (χ1) is 6.55. The largest absolute Gasteiger partial charge is 0.346 e. The number of hydrogen-bond donors (Lipinski definition) is 1. The Kier molecular flexibility index (Phi) is 3.17. The molecule has 0 aromatic carbocycles. The van der Waals surface area contributed by atoms with Crippen LogP contribution in [0, 0.1) is 0 Å². The molecule has 0 aliphatic rings. The number of rotatable bonds is 3. The minimum Gasteiger partial charge on any atom is -0.346 e. The number of nitrogens with zero attached hydrogens (tertiary/aromatic N) is 2.